The van der Waals surface area contributed by atoms with Crippen LogP contribution in [0.3, 0.4) is 0 Å². The molecule has 0 amide bonds. The quantitative estimate of drug-likeness (QED) is 0.121. The Morgan fingerprint density at radius 3 is 1.74 bits per heavy atom. The molecule has 2 unspecified atom stereocenters. The molecule has 1 saturated heterocycles. The zero-order valence-electron chi connectivity index (χ0n) is 28.6. The van der Waals surface area contributed by atoms with Crippen LogP contribution < -0.4 is 4.74 Å². The standard InChI is InChI=1S/C44H46O6/c1-2-46-39-23-21-32(22-24-39)25-36-19-12-20-37(26-36)40-41(47-29-33-13-6-3-7-14-33)42(48-30-34-15-8-4-9-16-34)43(44(50-40)27-38(44)28-45)49-31-35-17-10-5-11-18-35/h3-24,26,38,40-43,45H,2,25,27-31H2,1H3/t38?,40-,41-,42+,43-,44?/m0/s1. The van der Waals surface area contributed by atoms with Crippen molar-refractivity contribution in [1.29, 1.82) is 0 Å². The monoisotopic (exact) mass is 670 g/mol. The Balaban J connectivity index is 1.24. The number of hydrogen-bond donors (Lipinski definition) is 1. The van der Waals surface area contributed by atoms with E-state index in [0.29, 0.717) is 32.8 Å². The lowest BCUT2D eigenvalue weighted by atomic mass is 9.87. The summed E-state index contributed by atoms with van der Waals surface area (Å²) in [5.41, 5.74) is 5.88. The van der Waals surface area contributed by atoms with Gasteiger partial charge in [0.05, 0.1) is 26.4 Å². The molecule has 1 aliphatic carbocycles. The molecule has 7 rings (SSSR count). The number of aliphatic hydroxyl groups excluding tert-OH is 1. The maximum absolute atomic E-state index is 10.5. The van der Waals surface area contributed by atoms with Gasteiger partial charge in [-0.25, -0.2) is 0 Å². The van der Waals surface area contributed by atoms with E-state index >= 15 is 0 Å². The molecule has 0 radical (unpaired) electrons. The number of rotatable bonds is 15. The summed E-state index contributed by atoms with van der Waals surface area (Å²) in [5.74, 6) is 0.800. The molecule has 258 valence electrons. The first-order valence-corrected chi connectivity index (χ1v) is 17.7. The van der Waals surface area contributed by atoms with Crippen LogP contribution in [-0.4, -0.2) is 42.2 Å². The zero-order chi connectivity index (χ0) is 34.2. The number of hydrogen-bond acceptors (Lipinski definition) is 6. The highest BCUT2D eigenvalue weighted by atomic mass is 16.6. The van der Waals surface area contributed by atoms with Crippen LogP contribution in [0.2, 0.25) is 0 Å². The Bertz CT molecular complexity index is 1760. The van der Waals surface area contributed by atoms with E-state index in [0.717, 1.165) is 34.4 Å². The van der Waals surface area contributed by atoms with Gasteiger partial charge in [-0.05, 0) is 65.3 Å². The van der Waals surface area contributed by atoms with E-state index in [2.05, 4.69) is 72.8 Å². The highest BCUT2D eigenvalue weighted by Gasteiger charge is 2.68. The topological polar surface area (TPSA) is 66.4 Å². The summed E-state index contributed by atoms with van der Waals surface area (Å²) >= 11 is 0. The van der Waals surface area contributed by atoms with Crippen molar-refractivity contribution in [1.82, 2.24) is 0 Å². The average molecular weight is 671 g/mol. The summed E-state index contributed by atoms with van der Waals surface area (Å²) < 4.78 is 33.5. The minimum Gasteiger partial charge on any atom is -0.494 e. The largest absolute Gasteiger partial charge is 0.494 e. The van der Waals surface area contributed by atoms with Crippen LogP contribution in [0.25, 0.3) is 0 Å². The molecule has 50 heavy (non-hydrogen) atoms. The van der Waals surface area contributed by atoms with Crippen molar-refractivity contribution in [2.24, 2.45) is 5.92 Å². The van der Waals surface area contributed by atoms with Gasteiger partial charge < -0.3 is 28.8 Å². The first kappa shape index (κ1) is 34.2. The van der Waals surface area contributed by atoms with Crippen molar-refractivity contribution in [2.45, 2.75) is 69.6 Å². The van der Waals surface area contributed by atoms with E-state index < -0.39 is 30.0 Å². The van der Waals surface area contributed by atoms with Gasteiger partial charge in [0, 0.05) is 12.5 Å². The third-order valence-electron chi connectivity index (χ3n) is 9.83. The molecule has 6 atom stereocenters. The van der Waals surface area contributed by atoms with Gasteiger partial charge >= 0.3 is 0 Å². The molecule has 6 heteroatoms. The van der Waals surface area contributed by atoms with Crippen LogP contribution >= 0.6 is 0 Å². The first-order valence-electron chi connectivity index (χ1n) is 17.7. The minimum absolute atomic E-state index is 0.0106. The molecule has 1 heterocycles. The Kier molecular flexibility index (Phi) is 11.0. The number of aliphatic hydroxyl groups is 1. The highest BCUT2D eigenvalue weighted by molar-refractivity contribution is 5.35. The average Bonchev–Trinajstić information content (AvgIpc) is 3.88. The predicted molar refractivity (Wildman–Crippen MR) is 194 cm³/mol. The summed E-state index contributed by atoms with van der Waals surface area (Å²) in [6, 6.07) is 47.5. The molecule has 1 aliphatic heterocycles. The molecule has 1 spiro atoms. The zero-order valence-corrected chi connectivity index (χ0v) is 28.6. The molecule has 2 aliphatic rings. The Hall–Kier alpha value is -4.30. The van der Waals surface area contributed by atoms with Gasteiger partial charge in [0.2, 0.25) is 0 Å². The minimum atomic E-state index is -0.715. The van der Waals surface area contributed by atoms with Crippen molar-refractivity contribution >= 4 is 0 Å². The second-order valence-electron chi connectivity index (χ2n) is 13.3. The van der Waals surface area contributed by atoms with Crippen LogP contribution in [-0.2, 0) is 45.2 Å². The maximum atomic E-state index is 10.5. The van der Waals surface area contributed by atoms with Gasteiger partial charge in [-0.2, -0.15) is 0 Å². The van der Waals surface area contributed by atoms with Crippen LogP contribution in [0.1, 0.15) is 52.8 Å². The van der Waals surface area contributed by atoms with Crippen molar-refractivity contribution in [3.8, 4) is 5.75 Å². The van der Waals surface area contributed by atoms with Crippen molar-refractivity contribution in [3.05, 3.63) is 173 Å². The number of ether oxygens (including phenoxy) is 5. The molecule has 1 saturated carbocycles. The number of benzene rings is 5. The van der Waals surface area contributed by atoms with Crippen LogP contribution in [0.5, 0.6) is 5.75 Å². The summed E-state index contributed by atoms with van der Waals surface area (Å²) in [6.45, 7) is 3.83. The van der Waals surface area contributed by atoms with Crippen LogP contribution in [0.4, 0.5) is 0 Å². The van der Waals surface area contributed by atoms with Gasteiger partial charge in [0.25, 0.3) is 0 Å². The van der Waals surface area contributed by atoms with Crippen molar-refractivity contribution in [3.63, 3.8) is 0 Å². The molecule has 5 aromatic rings. The van der Waals surface area contributed by atoms with Crippen LogP contribution in [0, 0.1) is 5.92 Å². The van der Waals surface area contributed by atoms with E-state index in [1.165, 1.54) is 11.1 Å². The summed E-state index contributed by atoms with van der Waals surface area (Å²) in [4.78, 5) is 0. The lowest BCUT2D eigenvalue weighted by molar-refractivity contribution is -0.281. The Labute approximate surface area is 295 Å². The summed E-state index contributed by atoms with van der Waals surface area (Å²) in [5, 5.41) is 10.5. The molecule has 0 aromatic heterocycles. The fraction of sp³-hybridized carbons (Fsp3) is 0.318. The maximum Gasteiger partial charge on any atom is 0.119 e. The molecule has 5 aromatic carbocycles. The van der Waals surface area contributed by atoms with E-state index in [1.807, 2.05) is 73.7 Å². The smallest absolute Gasteiger partial charge is 0.119 e. The molecule has 1 N–H and O–H groups in total. The molecule has 6 nitrogen and oxygen atoms in total. The predicted octanol–water partition coefficient (Wildman–Crippen LogP) is 8.25. The Morgan fingerprint density at radius 2 is 1.18 bits per heavy atom. The Morgan fingerprint density at radius 1 is 0.620 bits per heavy atom. The van der Waals surface area contributed by atoms with Crippen LogP contribution in [0.15, 0.2) is 140 Å². The molecular weight excluding hydrogens is 624 g/mol. The van der Waals surface area contributed by atoms with Gasteiger partial charge in [0.15, 0.2) is 0 Å². The van der Waals surface area contributed by atoms with Gasteiger partial charge in [-0.3, -0.25) is 0 Å². The van der Waals surface area contributed by atoms with E-state index in [4.69, 9.17) is 23.7 Å². The third-order valence-corrected chi connectivity index (χ3v) is 9.83. The summed E-state index contributed by atoms with van der Waals surface area (Å²) in [7, 11) is 0. The van der Waals surface area contributed by atoms with E-state index in [1.54, 1.807) is 0 Å². The molecular formula is C44H46O6. The van der Waals surface area contributed by atoms with Gasteiger partial charge in [-0.1, -0.05) is 127 Å². The lowest BCUT2D eigenvalue weighted by Crippen LogP contribution is -2.59. The SMILES string of the molecule is CCOc1ccc(Cc2cccc([C@@H]3OC4(CC4CO)[C@@H](OCc4ccccc4)[C@H](OCc4ccccc4)[C@H]3OCc3ccccc3)c2)cc1. The highest BCUT2D eigenvalue weighted by Crippen LogP contribution is 2.58. The summed E-state index contributed by atoms with van der Waals surface area (Å²) in [6.07, 6.45) is -0.440. The third kappa shape index (κ3) is 8.02. The fourth-order valence-electron chi connectivity index (χ4n) is 7.17. The van der Waals surface area contributed by atoms with Crippen molar-refractivity contribution < 1.29 is 28.8 Å². The molecule has 2 fully saturated rings. The van der Waals surface area contributed by atoms with Gasteiger partial charge in [0.1, 0.15) is 35.8 Å². The fourth-order valence-corrected chi connectivity index (χ4v) is 7.17. The van der Waals surface area contributed by atoms with Crippen molar-refractivity contribution in [2.75, 3.05) is 13.2 Å². The second-order valence-corrected chi connectivity index (χ2v) is 13.3. The van der Waals surface area contributed by atoms with Gasteiger partial charge in [-0.15, -0.1) is 0 Å². The van der Waals surface area contributed by atoms with E-state index in [-0.39, 0.29) is 12.5 Å². The lowest BCUT2D eigenvalue weighted by Gasteiger charge is -2.48. The first-order chi connectivity index (χ1) is 24.6. The molecule has 0 bridgehead atoms. The van der Waals surface area contributed by atoms with E-state index in [9.17, 15) is 5.11 Å². The second kappa shape index (κ2) is 16.2. The normalized spacial score (nSPS) is 24.2.